The van der Waals surface area contributed by atoms with Crippen LogP contribution in [0.25, 0.3) is 0 Å². The number of hydrogen-bond acceptors (Lipinski definition) is 3. The molecule has 0 aliphatic carbocycles. The van der Waals surface area contributed by atoms with Gasteiger partial charge in [0, 0.05) is 26.1 Å². The van der Waals surface area contributed by atoms with Crippen molar-refractivity contribution in [2.75, 3.05) is 13.7 Å². The molecule has 0 fully saturated rings. The van der Waals surface area contributed by atoms with Gasteiger partial charge in [0.1, 0.15) is 0 Å². The Morgan fingerprint density at radius 1 is 1.30 bits per heavy atom. The molecule has 5 heteroatoms. The van der Waals surface area contributed by atoms with Gasteiger partial charge in [0.05, 0.1) is 22.5 Å². The van der Waals surface area contributed by atoms with E-state index in [-0.39, 0.29) is 12.1 Å². The Morgan fingerprint density at radius 3 is 2.45 bits per heavy atom. The lowest BCUT2D eigenvalue weighted by atomic mass is 10.0. The molecule has 4 nitrogen and oxygen atoms in total. The molecule has 0 saturated carbocycles. The Bertz CT molecular complexity index is 402. The topological polar surface area (TPSA) is 39.1 Å². The summed E-state index contributed by atoms with van der Waals surface area (Å²) in [6, 6.07) is 0.263. The molecule has 0 aliphatic heterocycles. The number of halogens is 1. The van der Waals surface area contributed by atoms with Crippen molar-refractivity contribution in [3.63, 3.8) is 0 Å². The van der Waals surface area contributed by atoms with Gasteiger partial charge < -0.3 is 10.1 Å². The van der Waals surface area contributed by atoms with Crippen molar-refractivity contribution < 1.29 is 4.74 Å². The number of aryl methyl sites for hydroxylation is 2. The summed E-state index contributed by atoms with van der Waals surface area (Å²) in [6.07, 6.45) is 2.88. The zero-order valence-corrected chi connectivity index (χ0v) is 14.1. The molecule has 1 rings (SSSR count). The van der Waals surface area contributed by atoms with Gasteiger partial charge in [-0.3, -0.25) is 4.68 Å². The van der Waals surface area contributed by atoms with E-state index in [2.05, 4.69) is 38.1 Å². The average molecular weight is 302 g/mol. The number of nitrogens with zero attached hydrogens (tertiary/aromatic N) is 2. The second-order valence-electron chi connectivity index (χ2n) is 4.93. The van der Waals surface area contributed by atoms with Gasteiger partial charge in [-0.2, -0.15) is 5.10 Å². The highest BCUT2D eigenvalue weighted by molar-refractivity contribution is 6.31. The summed E-state index contributed by atoms with van der Waals surface area (Å²) in [4.78, 5) is 0. The van der Waals surface area contributed by atoms with Gasteiger partial charge in [-0.05, 0) is 26.3 Å². The maximum absolute atomic E-state index is 6.49. The Hall–Kier alpha value is -0.580. The molecule has 1 aromatic heterocycles. The molecule has 0 spiro atoms. The number of methoxy groups -OCH3 is 1. The normalized spacial score (nSPS) is 14.5. The third-order valence-electron chi connectivity index (χ3n) is 3.73. The van der Waals surface area contributed by atoms with Gasteiger partial charge in [-0.1, -0.05) is 32.4 Å². The lowest BCUT2D eigenvalue weighted by Gasteiger charge is -2.26. The fourth-order valence-electron chi connectivity index (χ4n) is 2.63. The number of aromatic nitrogens is 2. The molecule has 0 saturated heterocycles. The van der Waals surface area contributed by atoms with Crippen LogP contribution < -0.4 is 5.32 Å². The maximum Gasteiger partial charge on any atom is 0.0850 e. The molecule has 2 atom stereocenters. The molecule has 2 unspecified atom stereocenters. The number of hydrogen-bond donors (Lipinski definition) is 1. The van der Waals surface area contributed by atoms with Crippen LogP contribution in [0.3, 0.4) is 0 Å². The lowest BCUT2D eigenvalue weighted by molar-refractivity contribution is 0.0652. The highest BCUT2D eigenvalue weighted by Gasteiger charge is 2.23. The molecule has 0 aromatic carbocycles. The van der Waals surface area contributed by atoms with E-state index in [0.717, 1.165) is 48.8 Å². The minimum Gasteiger partial charge on any atom is -0.380 e. The van der Waals surface area contributed by atoms with Crippen molar-refractivity contribution in [1.29, 1.82) is 0 Å². The smallest absolute Gasteiger partial charge is 0.0850 e. The molecule has 0 bridgehead atoms. The summed E-state index contributed by atoms with van der Waals surface area (Å²) in [7, 11) is 1.77. The van der Waals surface area contributed by atoms with E-state index in [1.165, 1.54) is 0 Å². The van der Waals surface area contributed by atoms with Gasteiger partial charge in [0.25, 0.3) is 0 Å². The van der Waals surface area contributed by atoms with E-state index < -0.39 is 0 Å². The average Bonchev–Trinajstić information content (AvgIpc) is 2.76. The zero-order chi connectivity index (χ0) is 15.1. The first-order chi connectivity index (χ1) is 9.62. The zero-order valence-electron chi connectivity index (χ0n) is 13.4. The molecular weight excluding hydrogens is 274 g/mol. The standard InChI is InChI=1S/C15H28ClN3O/c1-6-11-15(16)13(19(9-4)18-11)10-12(17-8-3)14(7-2)20-5/h12,14,17H,6-10H2,1-5H3. The number of rotatable bonds is 9. The Labute approximate surface area is 127 Å². The predicted molar refractivity (Wildman–Crippen MR) is 84.5 cm³/mol. The van der Waals surface area contributed by atoms with Crippen molar-refractivity contribution in [1.82, 2.24) is 15.1 Å². The third kappa shape index (κ3) is 3.96. The predicted octanol–water partition coefficient (Wildman–Crippen LogP) is 3.06. The van der Waals surface area contributed by atoms with Crippen molar-refractivity contribution >= 4 is 11.6 Å². The molecule has 116 valence electrons. The van der Waals surface area contributed by atoms with E-state index in [1.54, 1.807) is 7.11 Å². The van der Waals surface area contributed by atoms with E-state index in [1.807, 2.05) is 4.68 Å². The van der Waals surface area contributed by atoms with Crippen LogP contribution in [-0.4, -0.2) is 35.6 Å². The lowest BCUT2D eigenvalue weighted by Crippen LogP contribution is -2.42. The third-order valence-corrected chi connectivity index (χ3v) is 4.16. The highest BCUT2D eigenvalue weighted by Crippen LogP contribution is 2.24. The van der Waals surface area contributed by atoms with Crippen molar-refractivity contribution in [2.45, 2.75) is 65.6 Å². The first-order valence-corrected chi connectivity index (χ1v) is 8.00. The molecule has 1 N–H and O–H groups in total. The highest BCUT2D eigenvalue weighted by atomic mass is 35.5. The van der Waals surface area contributed by atoms with E-state index in [9.17, 15) is 0 Å². The van der Waals surface area contributed by atoms with Crippen LogP contribution in [0, 0.1) is 0 Å². The van der Waals surface area contributed by atoms with Crippen molar-refractivity contribution in [2.24, 2.45) is 0 Å². The molecule has 0 aliphatic rings. The molecular formula is C15H28ClN3O. The molecule has 1 heterocycles. The minimum atomic E-state index is 0.191. The van der Waals surface area contributed by atoms with Crippen LogP contribution >= 0.6 is 11.6 Å². The first kappa shape index (κ1) is 17.5. The Kier molecular flexibility index (Phi) is 7.56. The quantitative estimate of drug-likeness (QED) is 0.762. The molecule has 1 aromatic rings. The largest absolute Gasteiger partial charge is 0.380 e. The summed E-state index contributed by atoms with van der Waals surface area (Å²) in [5.74, 6) is 0. The molecule has 0 radical (unpaired) electrons. The van der Waals surface area contributed by atoms with Gasteiger partial charge in [0.2, 0.25) is 0 Å². The molecule has 0 amide bonds. The van der Waals surface area contributed by atoms with Crippen LogP contribution in [-0.2, 0) is 24.1 Å². The van der Waals surface area contributed by atoms with Crippen molar-refractivity contribution in [3.05, 3.63) is 16.4 Å². The van der Waals surface area contributed by atoms with E-state index in [0.29, 0.717) is 0 Å². The van der Waals surface area contributed by atoms with E-state index >= 15 is 0 Å². The van der Waals surface area contributed by atoms with Crippen molar-refractivity contribution in [3.8, 4) is 0 Å². The van der Waals surface area contributed by atoms with Crippen LogP contribution in [0.15, 0.2) is 0 Å². The van der Waals surface area contributed by atoms with Crippen LogP contribution in [0.5, 0.6) is 0 Å². The number of likely N-dealkylation sites (N-methyl/N-ethyl adjacent to an activating group) is 1. The van der Waals surface area contributed by atoms with Crippen LogP contribution in [0.4, 0.5) is 0 Å². The molecule has 20 heavy (non-hydrogen) atoms. The summed E-state index contributed by atoms with van der Waals surface area (Å²) in [5, 5.41) is 8.92. The number of nitrogens with one attached hydrogen (secondary N) is 1. The maximum atomic E-state index is 6.49. The SMILES string of the molecule is CCNC(Cc1c(Cl)c(CC)nn1CC)C(CC)OC. The van der Waals surface area contributed by atoms with E-state index in [4.69, 9.17) is 16.3 Å². The summed E-state index contributed by atoms with van der Waals surface area (Å²) in [6.45, 7) is 10.2. The fourth-order valence-corrected chi connectivity index (χ4v) is 2.98. The van der Waals surface area contributed by atoms with Gasteiger partial charge in [-0.15, -0.1) is 0 Å². The van der Waals surface area contributed by atoms with Gasteiger partial charge >= 0.3 is 0 Å². The monoisotopic (exact) mass is 301 g/mol. The Balaban J connectivity index is 3.00. The van der Waals surface area contributed by atoms with Gasteiger partial charge in [0.15, 0.2) is 0 Å². The number of ether oxygens (including phenoxy) is 1. The summed E-state index contributed by atoms with van der Waals surface area (Å²) < 4.78 is 7.62. The fraction of sp³-hybridized carbons (Fsp3) is 0.800. The second-order valence-corrected chi connectivity index (χ2v) is 5.31. The minimum absolute atomic E-state index is 0.191. The van der Waals surface area contributed by atoms with Crippen LogP contribution in [0.1, 0.15) is 45.5 Å². The summed E-state index contributed by atoms with van der Waals surface area (Å²) >= 11 is 6.49. The van der Waals surface area contributed by atoms with Crippen LogP contribution in [0.2, 0.25) is 5.02 Å². The van der Waals surface area contributed by atoms with Gasteiger partial charge in [-0.25, -0.2) is 0 Å². The summed E-state index contributed by atoms with van der Waals surface area (Å²) in [5.41, 5.74) is 2.11. The Morgan fingerprint density at radius 2 is 2.00 bits per heavy atom. The second kappa shape index (κ2) is 8.65. The first-order valence-electron chi connectivity index (χ1n) is 7.62.